The summed E-state index contributed by atoms with van der Waals surface area (Å²) in [6.45, 7) is 3.51. The number of fused-ring (bicyclic) bond motifs is 1. The molecule has 1 aromatic heterocycles. The van der Waals surface area contributed by atoms with Crippen LogP contribution in [0.3, 0.4) is 0 Å². The molecule has 9 nitrogen and oxygen atoms in total. The van der Waals surface area contributed by atoms with Crippen molar-refractivity contribution in [2.45, 2.75) is 19.1 Å². The maximum absolute atomic E-state index is 11.4. The molecule has 102 valence electrons. The molecule has 2 aliphatic heterocycles. The van der Waals surface area contributed by atoms with E-state index in [9.17, 15) is 14.9 Å². The number of ether oxygens (including phenoxy) is 2. The molecule has 1 aromatic rings. The number of hydrogen-bond acceptors (Lipinski definition) is 6. The molecule has 0 N–H and O–H groups in total. The molecule has 1 unspecified atom stereocenters. The number of nitrogens with zero attached hydrogens (tertiary/aromatic N) is 4. The predicted octanol–water partition coefficient (Wildman–Crippen LogP) is 0.395. The van der Waals surface area contributed by atoms with E-state index in [1.807, 2.05) is 6.92 Å². The van der Waals surface area contributed by atoms with Gasteiger partial charge in [0.25, 0.3) is 0 Å². The van der Waals surface area contributed by atoms with Gasteiger partial charge in [-0.15, -0.1) is 0 Å². The van der Waals surface area contributed by atoms with Gasteiger partial charge in [0.1, 0.15) is 18.4 Å². The van der Waals surface area contributed by atoms with Gasteiger partial charge in [-0.3, -0.25) is 4.57 Å². The summed E-state index contributed by atoms with van der Waals surface area (Å²) >= 11 is 0. The minimum absolute atomic E-state index is 0.210. The highest BCUT2D eigenvalue weighted by Gasteiger charge is 2.43. The minimum Gasteiger partial charge on any atom is -0.448 e. The summed E-state index contributed by atoms with van der Waals surface area (Å²) in [5, 5.41) is 10.6. The molecule has 0 radical (unpaired) electrons. The third-order valence-corrected chi connectivity index (χ3v) is 3.13. The van der Waals surface area contributed by atoms with Crippen molar-refractivity contribution in [2.75, 3.05) is 19.7 Å². The van der Waals surface area contributed by atoms with Crippen LogP contribution >= 0.6 is 0 Å². The summed E-state index contributed by atoms with van der Waals surface area (Å²) in [6.07, 6.45) is 0.975. The highest BCUT2D eigenvalue weighted by molar-refractivity contribution is 5.69. The topological polar surface area (TPSA) is 99.7 Å². The Kier molecular flexibility index (Phi) is 2.37. The number of carbonyl (C=O) groups excluding carboxylic acids is 1. The number of nitro groups is 1. The van der Waals surface area contributed by atoms with Crippen molar-refractivity contribution >= 4 is 11.9 Å². The first-order valence-corrected chi connectivity index (χ1v) is 5.79. The number of aromatic nitrogens is 2. The molecule has 0 bridgehead atoms. The van der Waals surface area contributed by atoms with Crippen LogP contribution in [0.5, 0.6) is 6.01 Å². The molecule has 1 amide bonds. The molecule has 0 aliphatic carbocycles. The molecule has 3 rings (SSSR count). The molecule has 0 aromatic carbocycles. The van der Waals surface area contributed by atoms with Crippen LogP contribution in [0.25, 0.3) is 0 Å². The van der Waals surface area contributed by atoms with Gasteiger partial charge in [-0.05, 0) is 11.8 Å². The quantitative estimate of drug-likeness (QED) is 0.581. The molecule has 1 atom stereocenters. The van der Waals surface area contributed by atoms with Crippen LogP contribution in [-0.2, 0) is 11.3 Å². The van der Waals surface area contributed by atoms with E-state index in [0.29, 0.717) is 26.2 Å². The first-order valence-electron chi connectivity index (χ1n) is 5.79. The van der Waals surface area contributed by atoms with E-state index in [1.165, 1.54) is 6.20 Å². The van der Waals surface area contributed by atoms with Gasteiger partial charge in [-0.1, -0.05) is 0 Å². The molecule has 2 aliphatic rings. The summed E-state index contributed by atoms with van der Waals surface area (Å²) in [5.74, 6) is -0.238. The van der Waals surface area contributed by atoms with Crippen LogP contribution < -0.4 is 4.74 Å². The molecule has 1 fully saturated rings. The fraction of sp³-hybridized carbons (Fsp3) is 0.600. The van der Waals surface area contributed by atoms with Crippen molar-refractivity contribution < 1.29 is 19.2 Å². The predicted molar refractivity (Wildman–Crippen MR) is 60.8 cm³/mol. The SMILES string of the molecule is CC1(CN2CCOC2=O)Cn2cc([N+](=O)[O-])nc2O1. The summed E-state index contributed by atoms with van der Waals surface area (Å²) in [7, 11) is 0. The van der Waals surface area contributed by atoms with Gasteiger partial charge < -0.3 is 24.5 Å². The number of hydrogen-bond donors (Lipinski definition) is 0. The number of imidazole rings is 1. The Bertz CT molecular complexity index is 531. The normalized spacial score (nSPS) is 25.1. The Morgan fingerprint density at radius 3 is 3.00 bits per heavy atom. The van der Waals surface area contributed by atoms with Crippen LogP contribution in [-0.4, -0.2) is 50.8 Å². The van der Waals surface area contributed by atoms with Crippen LogP contribution in [0.4, 0.5) is 10.6 Å². The second-order valence-corrected chi connectivity index (χ2v) is 4.85. The Morgan fingerprint density at radius 1 is 1.63 bits per heavy atom. The van der Waals surface area contributed by atoms with Crippen molar-refractivity contribution in [2.24, 2.45) is 0 Å². The van der Waals surface area contributed by atoms with Crippen LogP contribution in [0.2, 0.25) is 0 Å². The van der Waals surface area contributed by atoms with Gasteiger partial charge >= 0.3 is 17.9 Å². The first-order chi connectivity index (χ1) is 8.97. The Balaban J connectivity index is 1.73. The van der Waals surface area contributed by atoms with E-state index in [1.54, 1.807) is 9.47 Å². The summed E-state index contributed by atoms with van der Waals surface area (Å²) in [5.41, 5.74) is -0.638. The van der Waals surface area contributed by atoms with Gasteiger partial charge in [-0.25, -0.2) is 4.79 Å². The fourth-order valence-electron chi connectivity index (χ4n) is 2.34. The van der Waals surface area contributed by atoms with Crippen molar-refractivity contribution in [1.82, 2.24) is 14.5 Å². The van der Waals surface area contributed by atoms with Crippen LogP contribution in [0.1, 0.15) is 6.92 Å². The van der Waals surface area contributed by atoms with E-state index in [0.717, 1.165) is 0 Å². The lowest BCUT2D eigenvalue weighted by atomic mass is 10.1. The number of rotatable bonds is 3. The van der Waals surface area contributed by atoms with Gasteiger partial charge in [0.2, 0.25) is 0 Å². The molecule has 9 heteroatoms. The number of amides is 1. The third kappa shape index (κ3) is 1.96. The number of carbonyl (C=O) groups is 1. The van der Waals surface area contributed by atoms with Crippen molar-refractivity contribution in [3.8, 4) is 6.01 Å². The molecule has 1 saturated heterocycles. The molecule has 3 heterocycles. The van der Waals surface area contributed by atoms with Crippen molar-refractivity contribution in [1.29, 1.82) is 0 Å². The maximum atomic E-state index is 11.4. The largest absolute Gasteiger partial charge is 0.448 e. The van der Waals surface area contributed by atoms with E-state index in [4.69, 9.17) is 9.47 Å². The van der Waals surface area contributed by atoms with Gasteiger partial charge in [0.05, 0.1) is 19.6 Å². The zero-order valence-corrected chi connectivity index (χ0v) is 10.2. The highest BCUT2D eigenvalue weighted by atomic mass is 16.6. The third-order valence-electron chi connectivity index (χ3n) is 3.13. The Labute approximate surface area is 107 Å². The van der Waals surface area contributed by atoms with Crippen LogP contribution in [0.15, 0.2) is 6.20 Å². The summed E-state index contributed by atoms with van der Waals surface area (Å²) < 4.78 is 12.1. The lowest BCUT2D eigenvalue weighted by Gasteiger charge is -2.26. The van der Waals surface area contributed by atoms with E-state index in [-0.39, 0.29) is 17.9 Å². The lowest BCUT2D eigenvalue weighted by molar-refractivity contribution is -0.389. The van der Waals surface area contributed by atoms with Gasteiger partial charge in [0, 0.05) is 4.98 Å². The minimum atomic E-state index is -0.638. The van der Waals surface area contributed by atoms with Crippen LogP contribution in [0, 0.1) is 10.1 Å². The second kappa shape index (κ2) is 3.84. The smallest absolute Gasteiger partial charge is 0.415 e. The Hall–Kier alpha value is -2.32. The molecular formula is C10H12N4O5. The molecule has 19 heavy (non-hydrogen) atoms. The molecule has 0 spiro atoms. The van der Waals surface area contributed by atoms with Gasteiger partial charge in [-0.2, -0.15) is 0 Å². The maximum Gasteiger partial charge on any atom is 0.415 e. The van der Waals surface area contributed by atoms with Gasteiger partial charge in [0.15, 0.2) is 0 Å². The van der Waals surface area contributed by atoms with Crippen molar-refractivity contribution in [3.05, 3.63) is 16.3 Å². The van der Waals surface area contributed by atoms with Crippen molar-refractivity contribution in [3.63, 3.8) is 0 Å². The second-order valence-electron chi connectivity index (χ2n) is 4.85. The highest BCUT2D eigenvalue weighted by Crippen LogP contribution is 2.31. The molecule has 0 saturated carbocycles. The zero-order chi connectivity index (χ0) is 13.6. The lowest BCUT2D eigenvalue weighted by Crippen LogP contribution is -2.45. The van der Waals surface area contributed by atoms with E-state index >= 15 is 0 Å². The average molecular weight is 268 g/mol. The Morgan fingerprint density at radius 2 is 2.42 bits per heavy atom. The van der Waals surface area contributed by atoms with E-state index in [2.05, 4.69) is 4.98 Å². The standard InChI is InChI=1S/C10H12N4O5/c1-10(5-12-2-3-18-9(12)15)6-13-4-7(14(16)17)11-8(13)19-10/h4H,2-3,5-6H2,1H3. The van der Waals surface area contributed by atoms with E-state index < -0.39 is 10.5 Å². The monoisotopic (exact) mass is 268 g/mol. The summed E-state index contributed by atoms with van der Waals surface area (Å²) in [4.78, 5) is 26.8. The number of cyclic esters (lactones) is 1. The fourth-order valence-corrected chi connectivity index (χ4v) is 2.34. The zero-order valence-electron chi connectivity index (χ0n) is 10.2. The molecular weight excluding hydrogens is 256 g/mol. The average Bonchev–Trinajstić information content (AvgIpc) is 2.93. The summed E-state index contributed by atoms with van der Waals surface area (Å²) in [6, 6.07) is 0.210. The first kappa shape index (κ1) is 11.8.